The van der Waals surface area contributed by atoms with E-state index in [9.17, 15) is 4.79 Å². The summed E-state index contributed by atoms with van der Waals surface area (Å²) in [6.45, 7) is 0. The minimum absolute atomic E-state index is 0.00166. The minimum atomic E-state index is -0.00166. The van der Waals surface area contributed by atoms with E-state index in [-0.39, 0.29) is 5.43 Å². The van der Waals surface area contributed by atoms with Gasteiger partial charge in [-0.15, -0.1) is 11.3 Å². The Morgan fingerprint density at radius 3 is 2.60 bits per heavy atom. The Kier molecular flexibility index (Phi) is 2.47. The van der Waals surface area contributed by atoms with E-state index in [4.69, 9.17) is 4.42 Å². The van der Waals surface area contributed by atoms with Crippen molar-refractivity contribution in [1.82, 2.24) is 0 Å². The standard InChI is InChI=1S/C17H10O2S/c18-14-10-15(11-4-2-1-3-5-11)19-17-12(14)6-7-16-13(17)8-9-20-16/h1-10H. The zero-order chi connectivity index (χ0) is 13.5. The van der Waals surface area contributed by atoms with Crippen molar-refractivity contribution in [2.45, 2.75) is 0 Å². The predicted octanol–water partition coefficient (Wildman–Crippen LogP) is 4.67. The second-order valence-electron chi connectivity index (χ2n) is 4.62. The molecule has 0 N–H and O–H groups in total. The number of rotatable bonds is 1. The second-order valence-corrected chi connectivity index (χ2v) is 5.56. The Morgan fingerprint density at radius 2 is 1.75 bits per heavy atom. The highest BCUT2D eigenvalue weighted by Crippen LogP contribution is 2.30. The smallest absolute Gasteiger partial charge is 0.193 e. The van der Waals surface area contributed by atoms with Gasteiger partial charge in [0.15, 0.2) is 5.43 Å². The lowest BCUT2D eigenvalue weighted by Gasteiger charge is -2.04. The van der Waals surface area contributed by atoms with Gasteiger partial charge in [0.2, 0.25) is 0 Å². The number of hydrogen-bond donors (Lipinski definition) is 0. The fourth-order valence-electron chi connectivity index (χ4n) is 2.40. The summed E-state index contributed by atoms with van der Waals surface area (Å²) < 4.78 is 7.14. The zero-order valence-electron chi connectivity index (χ0n) is 10.5. The van der Waals surface area contributed by atoms with Crippen LogP contribution in [0.4, 0.5) is 0 Å². The zero-order valence-corrected chi connectivity index (χ0v) is 11.3. The van der Waals surface area contributed by atoms with Gasteiger partial charge in [0.1, 0.15) is 11.3 Å². The molecule has 2 heterocycles. The Morgan fingerprint density at radius 1 is 0.900 bits per heavy atom. The molecule has 0 aliphatic carbocycles. The van der Waals surface area contributed by atoms with E-state index in [1.54, 1.807) is 17.4 Å². The number of hydrogen-bond acceptors (Lipinski definition) is 3. The molecule has 0 aliphatic rings. The van der Waals surface area contributed by atoms with Crippen molar-refractivity contribution < 1.29 is 4.42 Å². The number of benzene rings is 2. The Balaban J connectivity index is 2.13. The summed E-state index contributed by atoms with van der Waals surface area (Å²) in [5.41, 5.74) is 1.59. The maximum absolute atomic E-state index is 12.3. The molecular formula is C17H10O2S. The molecule has 0 unspecified atom stereocenters. The molecule has 20 heavy (non-hydrogen) atoms. The fourth-order valence-corrected chi connectivity index (χ4v) is 3.19. The van der Waals surface area contributed by atoms with Crippen molar-refractivity contribution in [3.8, 4) is 11.3 Å². The molecule has 4 aromatic rings. The molecule has 2 aromatic carbocycles. The van der Waals surface area contributed by atoms with Gasteiger partial charge in [-0.25, -0.2) is 0 Å². The number of fused-ring (bicyclic) bond motifs is 3. The van der Waals surface area contributed by atoms with E-state index >= 15 is 0 Å². The third-order valence-electron chi connectivity index (χ3n) is 3.38. The van der Waals surface area contributed by atoms with E-state index in [1.165, 1.54) is 0 Å². The summed E-state index contributed by atoms with van der Waals surface area (Å²) in [5.74, 6) is 0.613. The van der Waals surface area contributed by atoms with Crippen molar-refractivity contribution in [3.05, 3.63) is 70.2 Å². The normalized spacial score (nSPS) is 11.2. The summed E-state index contributed by atoms with van der Waals surface area (Å²) in [5, 5.41) is 3.65. The van der Waals surface area contributed by atoms with Crippen molar-refractivity contribution in [1.29, 1.82) is 0 Å². The first-order valence-corrected chi connectivity index (χ1v) is 7.20. The molecule has 0 bridgehead atoms. The van der Waals surface area contributed by atoms with Crippen LogP contribution in [0.1, 0.15) is 0 Å². The van der Waals surface area contributed by atoms with Crippen molar-refractivity contribution in [2.24, 2.45) is 0 Å². The van der Waals surface area contributed by atoms with E-state index in [2.05, 4.69) is 0 Å². The average Bonchev–Trinajstić information content (AvgIpc) is 2.97. The van der Waals surface area contributed by atoms with Gasteiger partial charge in [-0.2, -0.15) is 0 Å². The molecule has 0 amide bonds. The van der Waals surface area contributed by atoms with E-state index in [0.29, 0.717) is 16.7 Å². The lowest BCUT2D eigenvalue weighted by molar-refractivity contribution is 0.622. The van der Waals surface area contributed by atoms with E-state index in [0.717, 1.165) is 15.6 Å². The van der Waals surface area contributed by atoms with Crippen molar-refractivity contribution in [3.63, 3.8) is 0 Å². The largest absolute Gasteiger partial charge is 0.455 e. The summed E-state index contributed by atoms with van der Waals surface area (Å²) in [6, 6.07) is 17.1. The first kappa shape index (κ1) is 11.4. The summed E-state index contributed by atoms with van der Waals surface area (Å²) in [4.78, 5) is 12.3. The minimum Gasteiger partial charge on any atom is -0.455 e. The van der Waals surface area contributed by atoms with E-state index in [1.807, 2.05) is 53.9 Å². The van der Waals surface area contributed by atoms with Gasteiger partial charge < -0.3 is 4.42 Å². The van der Waals surface area contributed by atoms with Crippen molar-refractivity contribution in [2.75, 3.05) is 0 Å². The van der Waals surface area contributed by atoms with Crippen molar-refractivity contribution >= 4 is 32.4 Å². The van der Waals surface area contributed by atoms with E-state index < -0.39 is 0 Å². The Hall–Kier alpha value is -2.39. The number of thiophene rings is 1. The highest BCUT2D eigenvalue weighted by atomic mass is 32.1. The van der Waals surface area contributed by atoms with Gasteiger partial charge >= 0.3 is 0 Å². The molecule has 0 spiro atoms. The summed E-state index contributed by atoms with van der Waals surface area (Å²) in [7, 11) is 0. The highest BCUT2D eigenvalue weighted by Gasteiger charge is 2.10. The van der Waals surface area contributed by atoms with Gasteiger partial charge in [0, 0.05) is 21.7 Å². The molecule has 0 aliphatic heterocycles. The van der Waals surface area contributed by atoms with Gasteiger partial charge in [-0.05, 0) is 23.6 Å². The van der Waals surface area contributed by atoms with Crippen LogP contribution >= 0.6 is 11.3 Å². The van der Waals surface area contributed by atoms with Crippen LogP contribution in [0.3, 0.4) is 0 Å². The molecule has 0 atom stereocenters. The molecule has 2 aromatic heterocycles. The van der Waals surface area contributed by atoms with Gasteiger partial charge in [0.25, 0.3) is 0 Å². The third kappa shape index (κ3) is 1.67. The fraction of sp³-hybridized carbons (Fsp3) is 0. The van der Waals surface area contributed by atoms with Crippen LogP contribution < -0.4 is 5.43 Å². The third-order valence-corrected chi connectivity index (χ3v) is 4.27. The molecule has 0 radical (unpaired) electrons. The van der Waals surface area contributed by atoms with Gasteiger partial charge in [0.05, 0.1) is 5.39 Å². The maximum atomic E-state index is 12.3. The highest BCUT2D eigenvalue weighted by molar-refractivity contribution is 7.17. The van der Waals surface area contributed by atoms with Crippen LogP contribution in [0.15, 0.2) is 69.2 Å². The van der Waals surface area contributed by atoms with Crippen LogP contribution in [0, 0.1) is 0 Å². The average molecular weight is 278 g/mol. The topological polar surface area (TPSA) is 30.2 Å². The Bertz CT molecular complexity index is 965. The lowest BCUT2D eigenvalue weighted by atomic mass is 10.1. The van der Waals surface area contributed by atoms with Gasteiger partial charge in [-0.3, -0.25) is 4.79 Å². The van der Waals surface area contributed by atoms with Crippen LogP contribution in [0.25, 0.3) is 32.4 Å². The summed E-state index contributed by atoms with van der Waals surface area (Å²) in [6.07, 6.45) is 0. The second kappa shape index (κ2) is 4.32. The predicted molar refractivity (Wildman–Crippen MR) is 83.3 cm³/mol. The molecule has 3 heteroatoms. The Labute approximate surface area is 118 Å². The lowest BCUT2D eigenvalue weighted by Crippen LogP contribution is -2.00. The molecule has 4 rings (SSSR count). The van der Waals surface area contributed by atoms with Crippen LogP contribution in [-0.4, -0.2) is 0 Å². The quantitative estimate of drug-likeness (QED) is 0.506. The molecule has 0 fully saturated rings. The van der Waals surface area contributed by atoms with Crippen LogP contribution in [0.5, 0.6) is 0 Å². The molecule has 96 valence electrons. The SMILES string of the molecule is O=c1cc(-c2ccccc2)oc2c1ccc1sccc12. The monoisotopic (exact) mass is 278 g/mol. The maximum Gasteiger partial charge on any atom is 0.193 e. The molecule has 0 saturated heterocycles. The first-order chi connectivity index (χ1) is 9.83. The molecule has 0 saturated carbocycles. The first-order valence-electron chi connectivity index (χ1n) is 6.32. The van der Waals surface area contributed by atoms with Gasteiger partial charge in [-0.1, -0.05) is 30.3 Å². The summed E-state index contributed by atoms with van der Waals surface area (Å²) >= 11 is 1.65. The molecular weight excluding hydrogens is 268 g/mol. The van der Waals surface area contributed by atoms with Crippen LogP contribution in [-0.2, 0) is 0 Å². The molecule has 2 nitrogen and oxygen atoms in total. The van der Waals surface area contributed by atoms with Crippen LogP contribution in [0.2, 0.25) is 0 Å².